The molecule has 0 aromatic rings. The van der Waals surface area contributed by atoms with Crippen molar-refractivity contribution < 1.29 is 38.8 Å². The minimum atomic E-state index is -3.99. The third-order valence-electron chi connectivity index (χ3n) is 5.62. The molecular weight excluding hydrogens is 411 g/mol. The zero-order chi connectivity index (χ0) is 22.4. The molecule has 0 aromatic heterocycles. The number of carbonyl (C=O) groups excluding carboxylic acids is 2. The zero-order valence-corrected chi connectivity index (χ0v) is 19.2. The first-order valence-corrected chi connectivity index (χ1v) is 12.8. The number of nitrogens with one attached hydrogen (secondary N) is 1. The molecule has 2 aliphatic carbocycles. The summed E-state index contributed by atoms with van der Waals surface area (Å²) < 4.78 is 21.7. The third-order valence-corrected chi connectivity index (χ3v) is 8.01. The van der Waals surface area contributed by atoms with Gasteiger partial charge in [-0.15, -0.1) is 0 Å². The fraction of sp³-hybridized carbons (Fsp3) is 0.900. The van der Waals surface area contributed by atoms with Gasteiger partial charge in [-0.05, 0) is 65.2 Å². The van der Waals surface area contributed by atoms with Gasteiger partial charge in [-0.1, -0.05) is 12.8 Å². The lowest BCUT2D eigenvalue weighted by Crippen LogP contribution is -2.95. The average molecular weight is 451 g/mol. The first kappa shape index (κ1) is 27.0. The average Bonchev–Trinajstić information content (AvgIpc) is 2.74. The molecule has 1 amide bonds. The number of aliphatic carboxylic acids is 1. The van der Waals surface area contributed by atoms with Crippen molar-refractivity contribution in [2.45, 2.75) is 102 Å². The van der Waals surface area contributed by atoms with Crippen molar-refractivity contribution in [3.63, 3.8) is 0 Å². The van der Waals surface area contributed by atoms with Gasteiger partial charge in [-0.3, -0.25) is 14.6 Å². The molecule has 0 aliphatic heterocycles. The third kappa shape index (κ3) is 9.88. The molecule has 0 saturated heterocycles. The molecule has 10 heteroatoms. The number of amides is 1. The van der Waals surface area contributed by atoms with E-state index in [4.69, 9.17) is 14.3 Å². The highest BCUT2D eigenvalue weighted by molar-refractivity contribution is 7.55. The second-order valence-corrected chi connectivity index (χ2v) is 10.2. The maximum atomic E-state index is 12.1. The molecule has 0 aromatic carbocycles. The minimum Gasteiger partial charge on any atom is -0.549 e. The number of rotatable bonds is 10. The first-order chi connectivity index (χ1) is 14.4. The maximum Gasteiger partial charge on any atom is 0.339 e. The monoisotopic (exact) mass is 450 g/mol. The van der Waals surface area contributed by atoms with Crippen LogP contribution in [0.4, 0.5) is 0 Å². The summed E-state index contributed by atoms with van der Waals surface area (Å²) in [5.41, 5.74) is -0.511. The molecule has 0 heterocycles. The van der Waals surface area contributed by atoms with E-state index in [1.807, 2.05) is 0 Å². The Morgan fingerprint density at radius 2 is 1.43 bits per heavy atom. The normalized spacial score (nSPS) is 19.4. The Morgan fingerprint density at radius 1 is 1.00 bits per heavy atom. The van der Waals surface area contributed by atoms with Gasteiger partial charge in [0.05, 0.1) is 31.3 Å². The van der Waals surface area contributed by atoms with Gasteiger partial charge in [0.25, 0.3) is 0 Å². The summed E-state index contributed by atoms with van der Waals surface area (Å²) in [4.78, 5) is 21.7. The van der Waals surface area contributed by atoms with Gasteiger partial charge in [0.1, 0.15) is 5.66 Å². The van der Waals surface area contributed by atoms with Crippen LogP contribution in [0.15, 0.2) is 0 Å². The van der Waals surface area contributed by atoms with Crippen molar-refractivity contribution in [1.82, 2.24) is 5.48 Å². The zero-order valence-electron chi connectivity index (χ0n) is 18.3. The van der Waals surface area contributed by atoms with Crippen LogP contribution in [0, 0.1) is 0 Å². The summed E-state index contributed by atoms with van der Waals surface area (Å²) in [5.74, 6) is -2.75. The Kier molecular flexibility index (Phi) is 13.4. The van der Waals surface area contributed by atoms with Crippen LogP contribution in [0.5, 0.6) is 0 Å². The number of nitrogens with two attached hydrogens (primary N) is 1. The standard InChI is InChI=1S/C12H23N.C8H16NO7P/c1-3-7-11(8-4-1)13-12-9-5-2-6-10-12;1-3-15-17(14,16-4-2)6(8(11)12)5-7(10)9-13/h11-13H,1-10H2;6,13H,3-5H2,1-2H3,(H,9,10)(H,11,12). The Labute approximate surface area is 179 Å². The minimum absolute atomic E-state index is 0.0399. The van der Waals surface area contributed by atoms with E-state index in [9.17, 15) is 19.3 Å². The fourth-order valence-electron chi connectivity index (χ4n) is 4.16. The van der Waals surface area contributed by atoms with E-state index in [1.54, 1.807) is 0 Å². The van der Waals surface area contributed by atoms with Gasteiger partial charge < -0.3 is 24.3 Å². The van der Waals surface area contributed by atoms with Crippen LogP contribution in [-0.4, -0.2) is 48.0 Å². The number of hydroxylamine groups is 1. The van der Waals surface area contributed by atoms with E-state index in [0.29, 0.717) is 0 Å². The Morgan fingerprint density at radius 3 is 1.77 bits per heavy atom. The first-order valence-electron chi connectivity index (χ1n) is 11.2. The van der Waals surface area contributed by atoms with Gasteiger partial charge in [0.15, 0.2) is 0 Å². The van der Waals surface area contributed by atoms with Gasteiger partial charge in [0, 0.05) is 6.42 Å². The molecule has 2 rings (SSSR count). The molecule has 9 nitrogen and oxygen atoms in total. The van der Waals surface area contributed by atoms with Crippen LogP contribution in [-0.2, 0) is 23.2 Å². The summed E-state index contributed by atoms with van der Waals surface area (Å²) in [5, 5.41) is 21.9. The molecule has 4 N–H and O–H groups in total. The number of carboxylic acid groups (broad SMARTS) is 1. The van der Waals surface area contributed by atoms with Gasteiger partial charge in [-0.2, -0.15) is 0 Å². The Bertz CT molecular complexity index is 523. The van der Waals surface area contributed by atoms with Crippen molar-refractivity contribution in [2.24, 2.45) is 0 Å². The summed E-state index contributed by atoms with van der Waals surface area (Å²) in [6, 6.07) is 1.99. The molecular formula is C20H39N2O7P. The summed E-state index contributed by atoms with van der Waals surface area (Å²) in [6.45, 7) is 2.93. The van der Waals surface area contributed by atoms with Crippen molar-refractivity contribution in [3.05, 3.63) is 0 Å². The van der Waals surface area contributed by atoms with Gasteiger partial charge >= 0.3 is 7.60 Å². The Balaban J connectivity index is 0.000000308. The quantitative estimate of drug-likeness (QED) is 0.260. The van der Waals surface area contributed by atoms with Crippen LogP contribution in [0.1, 0.15) is 84.5 Å². The molecule has 2 fully saturated rings. The van der Waals surface area contributed by atoms with E-state index >= 15 is 0 Å². The molecule has 2 saturated carbocycles. The van der Waals surface area contributed by atoms with E-state index in [1.165, 1.54) is 83.5 Å². The number of hydrogen-bond donors (Lipinski definition) is 3. The van der Waals surface area contributed by atoms with Gasteiger partial charge in [-0.25, -0.2) is 5.48 Å². The second kappa shape index (κ2) is 14.9. The number of hydrogen-bond acceptors (Lipinski definition) is 7. The summed E-state index contributed by atoms with van der Waals surface area (Å²) in [6.07, 6.45) is 14.2. The van der Waals surface area contributed by atoms with Crippen molar-refractivity contribution in [1.29, 1.82) is 0 Å². The molecule has 1 atom stereocenters. The maximum absolute atomic E-state index is 12.1. The predicted octanol–water partition coefficient (Wildman–Crippen LogP) is 1.48. The molecule has 1 unspecified atom stereocenters. The largest absolute Gasteiger partial charge is 0.549 e. The fourth-order valence-corrected chi connectivity index (χ4v) is 5.96. The Hall–Kier alpha value is -0.990. The second-order valence-electron chi connectivity index (χ2n) is 7.94. The van der Waals surface area contributed by atoms with Crippen molar-refractivity contribution in [2.75, 3.05) is 13.2 Å². The highest BCUT2D eigenvalue weighted by Gasteiger charge is 2.38. The molecule has 0 radical (unpaired) electrons. The van der Waals surface area contributed by atoms with Crippen LogP contribution in [0.2, 0.25) is 0 Å². The molecule has 176 valence electrons. The van der Waals surface area contributed by atoms with Crippen molar-refractivity contribution >= 4 is 19.5 Å². The lowest BCUT2D eigenvalue weighted by Gasteiger charge is -2.27. The van der Waals surface area contributed by atoms with Crippen LogP contribution < -0.4 is 15.9 Å². The van der Waals surface area contributed by atoms with E-state index in [2.05, 4.69) is 5.32 Å². The highest BCUT2D eigenvalue weighted by atomic mass is 31.2. The SMILES string of the molecule is C1CCC([NH2+]C2CCCCC2)CC1.CCOP(=O)(OCC)C(CC(=O)NO)C(=O)[O-]. The number of carbonyl (C=O) groups is 2. The summed E-state index contributed by atoms with van der Waals surface area (Å²) >= 11 is 0. The lowest BCUT2D eigenvalue weighted by atomic mass is 9.91. The molecule has 30 heavy (non-hydrogen) atoms. The number of carboxylic acids is 1. The highest BCUT2D eigenvalue weighted by Crippen LogP contribution is 2.54. The molecule has 0 bridgehead atoms. The molecule has 0 spiro atoms. The topological polar surface area (TPSA) is 142 Å². The van der Waals surface area contributed by atoms with Crippen LogP contribution >= 0.6 is 7.60 Å². The van der Waals surface area contributed by atoms with Crippen molar-refractivity contribution in [3.8, 4) is 0 Å². The van der Waals surface area contributed by atoms with Crippen LogP contribution in [0.3, 0.4) is 0 Å². The predicted molar refractivity (Wildman–Crippen MR) is 110 cm³/mol. The lowest BCUT2D eigenvalue weighted by molar-refractivity contribution is -0.725. The summed E-state index contributed by atoms with van der Waals surface area (Å²) in [7, 11) is -3.99. The van der Waals surface area contributed by atoms with E-state index in [0.717, 1.165) is 12.1 Å². The number of quaternary nitrogens is 1. The van der Waals surface area contributed by atoms with E-state index in [-0.39, 0.29) is 13.2 Å². The van der Waals surface area contributed by atoms with Gasteiger partial charge in [0.2, 0.25) is 5.91 Å². The molecule has 2 aliphatic rings. The smallest absolute Gasteiger partial charge is 0.339 e. The van der Waals surface area contributed by atoms with Crippen LogP contribution in [0.25, 0.3) is 0 Å². The van der Waals surface area contributed by atoms with E-state index < -0.39 is 31.6 Å².